The van der Waals surface area contributed by atoms with E-state index in [1.165, 1.54) is 19.2 Å². The zero-order valence-electron chi connectivity index (χ0n) is 13.7. The van der Waals surface area contributed by atoms with Crippen LogP contribution in [-0.4, -0.2) is 36.4 Å². The van der Waals surface area contributed by atoms with E-state index in [9.17, 15) is 4.39 Å². The molecule has 0 aliphatic heterocycles. The molecule has 0 saturated heterocycles. The minimum absolute atomic E-state index is 0.188. The lowest BCUT2D eigenvalue weighted by molar-refractivity contribution is 0.374. The van der Waals surface area contributed by atoms with E-state index in [-0.39, 0.29) is 11.8 Å². The van der Waals surface area contributed by atoms with E-state index >= 15 is 0 Å². The van der Waals surface area contributed by atoms with E-state index in [0.29, 0.717) is 11.4 Å². The van der Waals surface area contributed by atoms with Gasteiger partial charge in [0.2, 0.25) is 0 Å². The molecule has 3 rings (SSSR count). The number of hydrogen-bond acceptors (Lipinski definition) is 5. The van der Waals surface area contributed by atoms with Crippen LogP contribution in [0.5, 0.6) is 6.01 Å². The van der Waals surface area contributed by atoms with Gasteiger partial charge in [-0.2, -0.15) is 4.98 Å². The van der Waals surface area contributed by atoms with Crippen molar-refractivity contribution in [3.05, 3.63) is 54.3 Å². The second-order valence-electron chi connectivity index (χ2n) is 5.44. The molecule has 0 saturated carbocycles. The van der Waals surface area contributed by atoms with Crippen LogP contribution in [0.1, 0.15) is 0 Å². The Balaban J connectivity index is 2.12. The largest absolute Gasteiger partial charge is 0.466 e. The first-order valence-electron chi connectivity index (χ1n) is 7.41. The maximum absolute atomic E-state index is 13.2. The van der Waals surface area contributed by atoms with Crippen LogP contribution in [0.15, 0.2) is 48.5 Å². The molecule has 0 atom stereocenters. The highest BCUT2D eigenvalue weighted by Gasteiger charge is 2.14. The van der Waals surface area contributed by atoms with E-state index in [4.69, 9.17) is 4.74 Å². The van der Waals surface area contributed by atoms with Gasteiger partial charge in [0.05, 0.1) is 7.11 Å². The van der Waals surface area contributed by atoms with Gasteiger partial charge in [-0.25, -0.2) is 4.39 Å². The van der Waals surface area contributed by atoms with Gasteiger partial charge in [-0.15, -0.1) is 5.10 Å². The van der Waals surface area contributed by atoms with Crippen LogP contribution >= 0.6 is 0 Å². The third kappa shape index (κ3) is 3.17. The van der Waals surface area contributed by atoms with Crippen molar-refractivity contribution in [2.24, 2.45) is 0 Å². The van der Waals surface area contributed by atoms with Crippen LogP contribution in [0, 0.1) is 5.82 Å². The Bertz CT molecular complexity index is 833. The Morgan fingerprint density at radius 3 is 2.00 bits per heavy atom. The van der Waals surface area contributed by atoms with Gasteiger partial charge < -0.3 is 9.64 Å². The topological polar surface area (TPSA) is 51.1 Å². The van der Waals surface area contributed by atoms with Crippen LogP contribution in [-0.2, 0) is 0 Å². The third-order valence-electron chi connectivity index (χ3n) is 3.62. The van der Waals surface area contributed by atoms with Crippen LogP contribution in [0.3, 0.4) is 0 Å². The van der Waals surface area contributed by atoms with Crippen molar-refractivity contribution in [2.45, 2.75) is 0 Å². The lowest BCUT2D eigenvalue weighted by atomic mass is 10.0. The predicted molar refractivity (Wildman–Crippen MR) is 91.5 cm³/mol. The smallest absolute Gasteiger partial charge is 0.336 e. The molecule has 0 spiro atoms. The molecular formula is C18H17FN4O. The Labute approximate surface area is 139 Å². The standard InChI is InChI=1S/C18H17FN4O/c1-23(2)15-10-6-12(7-11-15)16-17(21-22-18(20-16)24-3)13-4-8-14(19)9-5-13/h4-11H,1-3H3. The Morgan fingerprint density at radius 1 is 0.833 bits per heavy atom. The number of aromatic nitrogens is 3. The van der Waals surface area contributed by atoms with E-state index in [1.807, 2.05) is 43.3 Å². The van der Waals surface area contributed by atoms with Gasteiger partial charge in [0.25, 0.3) is 0 Å². The summed E-state index contributed by atoms with van der Waals surface area (Å²) in [7, 11) is 5.45. The molecule has 2 aromatic carbocycles. The van der Waals surface area contributed by atoms with Gasteiger partial charge in [0.15, 0.2) is 0 Å². The fourth-order valence-electron chi connectivity index (χ4n) is 2.32. The average Bonchev–Trinajstić information content (AvgIpc) is 2.62. The maximum atomic E-state index is 13.2. The molecule has 0 N–H and O–H groups in total. The summed E-state index contributed by atoms with van der Waals surface area (Å²) in [6, 6.07) is 14.2. The van der Waals surface area contributed by atoms with Gasteiger partial charge in [-0.3, -0.25) is 0 Å². The summed E-state index contributed by atoms with van der Waals surface area (Å²) in [5.41, 5.74) is 3.92. The van der Waals surface area contributed by atoms with Crippen LogP contribution < -0.4 is 9.64 Å². The molecule has 24 heavy (non-hydrogen) atoms. The number of rotatable bonds is 4. The normalized spacial score (nSPS) is 10.5. The Morgan fingerprint density at radius 2 is 1.42 bits per heavy atom. The Kier molecular flexibility index (Phi) is 4.37. The monoisotopic (exact) mass is 324 g/mol. The quantitative estimate of drug-likeness (QED) is 0.736. The summed E-state index contributed by atoms with van der Waals surface area (Å²) in [6.45, 7) is 0. The molecule has 0 fully saturated rings. The Hall–Kier alpha value is -3.02. The molecule has 0 aliphatic carbocycles. The lowest BCUT2D eigenvalue weighted by Gasteiger charge is -2.13. The van der Waals surface area contributed by atoms with E-state index in [0.717, 1.165) is 16.8 Å². The minimum Gasteiger partial charge on any atom is -0.466 e. The van der Waals surface area contributed by atoms with E-state index in [2.05, 4.69) is 15.2 Å². The molecule has 1 heterocycles. The van der Waals surface area contributed by atoms with Gasteiger partial charge in [-0.1, -0.05) is 17.2 Å². The van der Waals surface area contributed by atoms with Gasteiger partial charge in [0.1, 0.15) is 17.2 Å². The van der Waals surface area contributed by atoms with Crippen molar-refractivity contribution in [1.82, 2.24) is 15.2 Å². The number of methoxy groups -OCH3 is 1. The summed E-state index contributed by atoms with van der Waals surface area (Å²) in [5, 5.41) is 8.16. The SMILES string of the molecule is COc1nnc(-c2ccc(F)cc2)c(-c2ccc(N(C)C)cc2)n1. The summed E-state index contributed by atoms with van der Waals surface area (Å²) in [5.74, 6) is -0.301. The summed E-state index contributed by atoms with van der Waals surface area (Å²) in [4.78, 5) is 6.45. The van der Waals surface area contributed by atoms with Gasteiger partial charge in [0, 0.05) is 30.9 Å². The number of ether oxygens (including phenoxy) is 1. The fourth-order valence-corrected chi connectivity index (χ4v) is 2.32. The molecule has 122 valence electrons. The molecule has 0 unspecified atom stereocenters. The summed E-state index contributed by atoms with van der Waals surface area (Å²) >= 11 is 0. The van der Waals surface area contributed by atoms with Crippen LogP contribution in [0.2, 0.25) is 0 Å². The van der Waals surface area contributed by atoms with Crippen molar-refractivity contribution < 1.29 is 9.13 Å². The first-order chi connectivity index (χ1) is 11.6. The van der Waals surface area contributed by atoms with Crippen molar-refractivity contribution in [1.29, 1.82) is 0 Å². The van der Waals surface area contributed by atoms with Crippen LogP contribution in [0.4, 0.5) is 10.1 Å². The molecule has 0 bridgehead atoms. The summed E-state index contributed by atoms with van der Waals surface area (Å²) < 4.78 is 18.3. The van der Waals surface area contributed by atoms with Crippen LogP contribution in [0.25, 0.3) is 22.5 Å². The van der Waals surface area contributed by atoms with Gasteiger partial charge >= 0.3 is 6.01 Å². The first kappa shape index (κ1) is 15.9. The fraction of sp³-hybridized carbons (Fsp3) is 0.167. The van der Waals surface area contributed by atoms with Crippen molar-refractivity contribution in [3.63, 3.8) is 0 Å². The number of benzene rings is 2. The van der Waals surface area contributed by atoms with Crippen molar-refractivity contribution in [2.75, 3.05) is 26.1 Å². The number of hydrogen-bond donors (Lipinski definition) is 0. The van der Waals surface area contributed by atoms with Crippen molar-refractivity contribution >= 4 is 5.69 Å². The maximum Gasteiger partial charge on any atom is 0.336 e. The first-order valence-corrected chi connectivity index (χ1v) is 7.41. The lowest BCUT2D eigenvalue weighted by Crippen LogP contribution is -2.08. The van der Waals surface area contributed by atoms with E-state index < -0.39 is 0 Å². The molecule has 0 aliphatic rings. The third-order valence-corrected chi connectivity index (χ3v) is 3.62. The number of halogens is 1. The highest BCUT2D eigenvalue weighted by atomic mass is 19.1. The molecule has 6 heteroatoms. The molecule has 3 aromatic rings. The second kappa shape index (κ2) is 6.62. The van der Waals surface area contributed by atoms with E-state index in [1.54, 1.807) is 12.1 Å². The number of anilines is 1. The molecule has 0 amide bonds. The highest BCUT2D eigenvalue weighted by Crippen LogP contribution is 2.30. The zero-order valence-corrected chi connectivity index (χ0v) is 13.7. The molecular weight excluding hydrogens is 307 g/mol. The van der Waals surface area contributed by atoms with Crippen molar-refractivity contribution in [3.8, 4) is 28.5 Å². The molecule has 0 radical (unpaired) electrons. The summed E-state index contributed by atoms with van der Waals surface area (Å²) in [6.07, 6.45) is 0. The average molecular weight is 324 g/mol. The highest BCUT2D eigenvalue weighted by molar-refractivity contribution is 5.78. The predicted octanol–water partition coefficient (Wildman–Crippen LogP) is 3.42. The zero-order chi connectivity index (χ0) is 17.1. The molecule has 1 aromatic heterocycles. The van der Waals surface area contributed by atoms with Gasteiger partial charge in [-0.05, 0) is 36.4 Å². The number of nitrogens with zero attached hydrogens (tertiary/aromatic N) is 4. The second-order valence-corrected chi connectivity index (χ2v) is 5.44. The minimum atomic E-state index is -0.301. The molecule has 5 nitrogen and oxygen atoms in total.